The minimum absolute atomic E-state index is 0.0133. The fraction of sp³-hybridized carbons (Fsp3) is 0.111. The van der Waals surface area contributed by atoms with E-state index in [9.17, 15) is 18.0 Å². The van der Waals surface area contributed by atoms with Gasteiger partial charge < -0.3 is 15.2 Å². The second kappa shape index (κ2) is 10.3. The van der Waals surface area contributed by atoms with Crippen LogP contribution in [0.15, 0.2) is 79.7 Å². The maximum atomic E-state index is 13.8. The van der Waals surface area contributed by atoms with Gasteiger partial charge in [-0.3, -0.25) is 14.8 Å². The largest absolute Gasteiger partial charge is 0.416 e. The van der Waals surface area contributed by atoms with Gasteiger partial charge in [0.25, 0.3) is 5.91 Å². The maximum absolute atomic E-state index is 13.8. The highest BCUT2D eigenvalue weighted by atomic mass is 19.4. The molecule has 0 radical (unpaired) electrons. The first-order valence-electron chi connectivity index (χ1n) is 14.2. The zero-order chi connectivity index (χ0) is 32.7. The summed E-state index contributed by atoms with van der Waals surface area (Å²) in [5.74, 6) is -1.45. The average molecular weight is 537 g/mol. The lowest BCUT2D eigenvalue weighted by molar-refractivity contribution is -0.137. The van der Waals surface area contributed by atoms with Crippen molar-refractivity contribution in [3.05, 3.63) is 102 Å². The third-order valence-electron chi connectivity index (χ3n) is 5.27. The quantitative estimate of drug-likeness (QED) is 0.284. The number of nitrogens with one attached hydrogen (secondary N) is 2. The van der Waals surface area contributed by atoms with Crippen molar-refractivity contribution in [2.45, 2.75) is 20.0 Å². The number of benzene rings is 2. The number of hydrogen-bond donors (Lipinski definition) is 2. The standard InChI is InChI=1S/C27H21F3N8O/c1-16-3-4-18(9-23(16)37-26-33-6-5-22(36-26)24-13-31-7-8-32-24)25(39)35-20-10-19(27(28,29)30)11-21(12-20)38-14-17(2)34-15-38/h3-15H,1-2H3,(H,35,39)(H,33,36,37)/i1D3,3D,4D,9D. The third-order valence-corrected chi connectivity index (χ3v) is 5.27. The molecule has 0 aliphatic heterocycles. The average Bonchev–Trinajstić information content (AvgIpc) is 3.41. The van der Waals surface area contributed by atoms with Gasteiger partial charge >= 0.3 is 6.18 Å². The van der Waals surface area contributed by atoms with E-state index in [0.29, 0.717) is 17.5 Å². The number of imidazole rings is 1. The van der Waals surface area contributed by atoms with E-state index in [0.717, 1.165) is 6.07 Å². The van der Waals surface area contributed by atoms with Gasteiger partial charge in [-0.25, -0.2) is 15.0 Å². The van der Waals surface area contributed by atoms with Crippen LogP contribution in [0.4, 0.5) is 30.5 Å². The highest BCUT2D eigenvalue weighted by molar-refractivity contribution is 6.05. The molecule has 2 N–H and O–H groups in total. The van der Waals surface area contributed by atoms with Gasteiger partial charge in [-0.05, 0) is 55.7 Å². The predicted molar refractivity (Wildman–Crippen MR) is 139 cm³/mol. The number of anilines is 3. The van der Waals surface area contributed by atoms with Crippen LogP contribution in [0.5, 0.6) is 0 Å². The molecule has 0 atom stereocenters. The predicted octanol–water partition coefficient (Wildman–Crippen LogP) is 5.75. The van der Waals surface area contributed by atoms with Crippen molar-refractivity contribution < 1.29 is 26.2 Å². The summed E-state index contributed by atoms with van der Waals surface area (Å²) in [5, 5.41) is 4.85. The Kier molecular flexibility index (Phi) is 5.03. The third kappa shape index (κ3) is 5.90. The Hall–Kier alpha value is -5.13. The zero-order valence-electron chi connectivity index (χ0n) is 26.0. The molecule has 1 amide bonds. The van der Waals surface area contributed by atoms with Crippen LogP contribution >= 0.6 is 0 Å². The van der Waals surface area contributed by atoms with Crippen LogP contribution in [0.3, 0.4) is 0 Å². The first-order valence-corrected chi connectivity index (χ1v) is 11.2. The summed E-state index contributed by atoms with van der Waals surface area (Å²) in [7, 11) is 0. The molecule has 3 heterocycles. The van der Waals surface area contributed by atoms with Gasteiger partial charge in [0.1, 0.15) is 5.69 Å². The molecule has 2 aromatic carbocycles. The van der Waals surface area contributed by atoms with Gasteiger partial charge in [0, 0.05) is 51.5 Å². The molecule has 0 aliphatic carbocycles. The first-order chi connectivity index (χ1) is 21.1. The lowest BCUT2D eigenvalue weighted by Gasteiger charge is -2.14. The van der Waals surface area contributed by atoms with Crippen molar-refractivity contribution in [1.82, 2.24) is 29.5 Å². The molecule has 0 fully saturated rings. The molecular weight excluding hydrogens is 509 g/mol. The summed E-state index contributed by atoms with van der Waals surface area (Å²) in [4.78, 5) is 33.9. The summed E-state index contributed by atoms with van der Waals surface area (Å²) in [5.41, 5.74) is -2.35. The SMILES string of the molecule is [2H]c1c([2H])c(C([2H])([2H])[2H])c(Nc2nccc(-c3cnccn3)n2)c([2H])c1C(=O)Nc1cc(-n2cnc(C)c2)cc(C(F)(F)F)c1. The van der Waals surface area contributed by atoms with E-state index in [2.05, 4.69) is 35.6 Å². The number of amides is 1. The van der Waals surface area contributed by atoms with Gasteiger partial charge in [0.2, 0.25) is 5.95 Å². The number of hydrogen-bond acceptors (Lipinski definition) is 7. The maximum Gasteiger partial charge on any atom is 0.416 e. The van der Waals surface area contributed by atoms with Crippen molar-refractivity contribution >= 4 is 23.2 Å². The molecule has 12 heteroatoms. The van der Waals surface area contributed by atoms with Crippen LogP contribution in [-0.4, -0.2) is 35.4 Å². The molecule has 3 aromatic heterocycles. The number of halogens is 3. The Morgan fingerprint density at radius 3 is 2.67 bits per heavy atom. The molecule has 0 saturated heterocycles. The summed E-state index contributed by atoms with van der Waals surface area (Å²) >= 11 is 0. The first kappa shape index (κ1) is 19.0. The number of aryl methyl sites for hydroxylation is 1. The Morgan fingerprint density at radius 2 is 1.95 bits per heavy atom. The molecule has 5 rings (SSSR count). The van der Waals surface area contributed by atoms with Crippen molar-refractivity contribution in [2.75, 3.05) is 10.6 Å². The Balaban J connectivity index is 1.59. The van der Waals surface area contributed by atoms with Gasteiger partial charge in [-0.15, -0.1) is 0 Å². The van der Waals surface area contributed by atoms with E-state index in [1.807, 2.05) is 0 Å². The monoisotopic (exact) mass is 536 g/mol. The summed E-state index contributed by atoms with van der Waals surface area (Å²) in [6, 6.07) is 1.62. The minimum atomic E-state index is -4.79. The van der Waals surface area contributed by atoms with E-state index in [4.69, 9.17) is 8.22 Å². The Labute approximate surface area is 229 Å². The highest BCUT2D eigenvalue weighted by Crippen LogP contribution is 2.33. The van der Waals surface area contributed by atoms with Gasteiger partial charge in [-0.2, -0.15) is 13.2 Å². The fourth-order valence-corrected chi connectivity index (χ4v) is 3.47. The molecule has 196 valence electrons. The zero-order valence-corrected chi connectivity index (χ0v) is 20.0. The molecular formula is C27H21F3N8O. The number of rotatable bonds is 6. The fourth-order valence-electron chi connectivity index (χ4n) is 3.47. The number of carbonyl (C=O) groups is 1. The van der Waals surface area contributed by atoms with Crippen molar-refractivity contribution in [3.8, 4) is 17.1 Å². The van der Waals surface area contributed by atoms with E-state index < -0.39 is 59.4 Å². The Bertz CT molecular complexity index is 1920. The van der Waals surface area contributed by atoms with Gasteiger partial charge in [-0.1, -0.05) is 6.04 Å². The van der Waals surface area contributed by atoms with Crippen molar-refractivity contribution in [3.63, 3.8) is 0 Å². The van der Waals surface area contributed by atoms with Crippen LogP contribution in [0.25, 0.3) is 17.1 Å². The highest BCUT2D eigenvalue weighted by Gasteiger charge is 2.31. The second-order valence-corrected chi connectivity index (χ2v) is 8.12. The minimum Gasteiger partial charge on any atom is -0.324 e. The van der Waals surface area contributed by atoms with Crippen molar-refractivity contribution in [2.24, 2.45) is 0 Å². The molecule has 5 aromatic rings. The summed E-state index contributed by atoms with van der Waals surface area (Å²) in [6.45, 7) is -1.39. The van der Waals surface area contributed by atoms with Gasteiger partial charge in [0.05, 0.1) is 33.6 Å². The Morgan fingerprint density at radius 1 is 1.08 bits per heavy atom. The summed E-state index contributed by atoms with van der Waals surface area (Å²) in [6.07, 6.45) is 3.58. The number of nitrogens with zero attached hydrogens (tertiary/aromatic N) is 6. The molecule has 0 spiro atoms. The summed E-state index contributed by atoms with van der Waals surface area (Å²) < 4.78 is 92.1. The van der Waals surface area contributed by atoms with Crippen LogP contribution < -0.4 is 10.6 Å². The smallest absolute Gasteiger partial charge is 0.324 e. The second-order valence-electron chi connectivity index (χ2n) is 8.12. The molecule has 0 aliphatic rings. The lowest BCUT2D eigenvalue weighted by Crippen LogP contribution is -2.14. The molecule has 0 saturated carbocycles. The van der Waals surface area contributed by atoms with E-state index in [1.54, 1.807) is 6.92 Å². The van der Waals surface area contributed by atoms with Crippen LogP contribution in [0.2, 0.25) is 0 Å². The topological polar surface area (TPSA) is 111 Å². The normalized spacial score (nSPS) is 13.8. The van der Waals surface area contributed by atoms with E-state index >= 15 is 0 Å². The number of aromatic nitrogens is 6. The van der Waals surface area contributed by atoms with Crippen LogP contribution in [0.1, 0.15) is 35.4 Å². The molecule has 39 heavy (non-hydrogen) atoms. The van der Waals surface area contributed by atoms with Crippen LogP contribution in [0, 0.1) is 13.8 Å². The van der Waals surface area contributed by atoms with E-state index in [-0.39, 0.29) is 23.0 Å². The molecule has 9 nitrogen and oxygen atoms in total. The molecule has 0 bridgehead atoms. The van der Waals surface area contributed by atoms with E-state index in [1.165, 1.54) is 54.0 Å². The molecule has 0 unspecified atom stereocenters. The number of carbonyl (C=O) groups excluding carboxylic acids is 1. The lowest BCUT2D eigenvalue weighted by atomic mass is 10.1. The van der Waals surface area contributed by atoms with Crippen molar-refractivity contribution in [1.29, 1.82) is 0 Å². The van der Waals surface area contributed by atoms with Crippen LogP contribution in [-0.2, 0) is 6.18 Å². The number of alkyl halides is 3. The van der Waals surface area contributed by atoms with Gasteiger partial charge in [0.15, 0.2) is 0 Å².